The predicted molar refractivity (Wildman–Crippen MR) is 122 cm³/mol. The van der Waals surface area contributed by atoms with Crippen LogP contribution in [0.25, 0.3) is 11.2 Å². The van der Waals surface area contributed by atoms with Crippen molar-refractivity contribution in [3.63, 3.8) is 0 Å². The largest absolute Gasteiger partial charge is 0.454 e. The van der Waals surface area contributed by atoms with Gasteiger partial charge >= 0.3 is 0 Å². The molecule has 2 aliphatic rings. The zero-order chi connectivity index (χ0) is 22.1. The van der Waals surface area contributed by atoms with Gasteiger partial charge < -0.3 is 18.9 Å². The Labute approximate surface area is 188 Å². The molecular formula is C25H30N4O3. The van der Waals surface area contributed by atoms with Crippen molar-refractivity contribution in [3.8, 4) is 11.5 Å². The molecule has 0 saturated heterocycles. The molecule has 32 heavy (non-hydrogen) atoms. The molecule has 0 bridgehead atoms. The van der Waals surface area contributed by atoms with Crippen LogP contribution >= 0.6 is 0 Å². The summed E-state index contributed by atoms with van der Waals surface area (Å²) in [5.41, 5.74) is 2.43. The van der Waals surface area contributed by atoms with Crippen molar-refractivity contribution >= 4 is 17.1 Å². The second-order valence-corrected chi connectivity index (χ2v) is 9.16. The number of ether oxygens (including phenoxy) is 2. The molecule has 0 unspecified atom stereocenters. The number of imidazole rings is 1. The number of rotatable bonds is 7. The van der Waals surface area contributed by atoms with Crippen molar-refractivity contribution in [2.45, 2.75) is 58.5 Å². The first-order chi connectivity index (χ1) is 15.6. The Bertz CT molecular complexity index is 1120. The van der Waals surface area contributed by atoms with Gasteiger partial charge in [-0.2, -0.15) is 0 Å². The maximum Gasteiger partial charge on any atom is 0.254 e. The van der Waals surface area contributed by atoms with Crippen LogP contribution in [0.1, 0.15) is 68.2 Å². The summed E-state index contributed by atoms with van der Waals surface area (Å²) in [5.74, 6) is 2.72. The van der Waals surface area contributed by atoms with Crippen LogP contribution in [-0.2, 0) is 6.54 Å². The molecular weight excluding hydrogens is 404 g/mol. The van der Waals surface area contributed by atoms with E-state index in [2.05, 4.69) is 23.4 Å². The van der Waals surface area contributed by atoms with Crippen molar-refractivity contribution in [3.05, 3.63) is 47.9 Å². The van der Waals surface area contributed by atoms with E-state index in [1.54, 1.807) is 6.07 Å². The van der Waals surface area contributed by atoms with Gasteiger partial charge in [-0.25, -0.2) is 9.97 Å². The van der Waals surface area contributed by atoms with Crippen molar-refractivity contribution in [1.82, 2.24) is 19.4 Å². The molecule has 1 aromatic carbocycles. The third-order valence-corrected chi connectivity index (χ3v) is 6.43. The standard InChI is InChI=1S/C25H30N4O3/c1-17(2)11-13-28(25(30)18-9-10-21-22(14-18)32-16-31-21)15-23-27-20-8-5-12-26-24(20)29(23)19-6-3-4-7-19/h5,8-10,12,14,17,19H,3-4,6-7,11,13,15-16H2,1-2H3. The van der Waals surface area contributed by atoms with Crippen molar-refractivity contribution in [2.75, 3.05) is 13.3 Å². The molecule has 2 aromatic heterocycles. The average molecular weight is 435 g/mol. The van der Waals surface area contributed by atoms with Gasteiger partial charge in [0.1, 0.15) is 11.3 Å². The van der Waals surface area contributed by atoms with Gasteiger partial charge in [0.15, 0.2) is 17.1 Å². The smallest absolute Gasteiger partial charge is 0.254 e. The third kappa shape index (κ3) is 4.04. The Balaban J connectivity index is 1.48. The normalized spacial score (nSPS) is 15.7. The number of aromatic nitrogens is 3. The van der Waals surface area contributed by atoms with Crippen LogP contribution < -0.4 is 9.47 Å². The molecule has 3 aromatic rings. The first kappa shape index (κ1) is 20.8. The first-order valence-electron chi connectivity index (χ1n) is 11.6. The van der Waals surface area contributed by atoms with E-state index in [1.165, 1.54) is 12.8 Å². The molecule has 0 N–H and O–H groups in total. The first-order valence-corrected chi connectivity index (χ1v) is 11.6. The number of amides is 1. The van der Waals surface area contributed by atoms with Crippen LogP contribution in [0.4, 0.5) is 0 Å². The summed E-state index contributed by atoms with van der Waals surface area (Å²) in [6, 6.07) is 9.75. The molecule has 1 aliphatic carbocycles. The van der Waals surface area contributed by atoms with E-state index in [0.717, 1.165) is 36.3 Å². The van der Waals surface area contributed by atoms with Gasteiger partial charge in [0.25, 0.3) is 5.91 Å². The number of hydrogen-bond acceptors (Lipinski definition) is 5. The summed E-state index contributed by atoms with van der Waals surface area (Å²) in [6.45, 7) is 5.70. The molecule has 1 saturated carbocycles. The number of nitrogens with zero attached hydrogens (tertiary/aromatic N) is 4. The molecule has 0 radical (unpaired) electrons. The van der Waals surface area contributed by atoms with Crippen LogP contribution in [0.5, 0.6) is 11.5 Å². The van der Waals surface area contributed by atoms with Gasteiger partial charge in [-0.15, -0.1) is 0 Å². The van der Waals surface area contributed by atoms with Gasteiger partial charge in [0.05, 0.1) is 6.54 Å². The molecule has 7 nitrogen and oxygen atoms in total. The average Bonchev–Trinajstić information content (AvgIpc) is 3.54. The van der Waals surface area contributed by atoms with E-state index < -0.39 is 0 Å². The van der Waals surface area contributed by atoms with Crippen LogP contribution in [0, 0.1) is 5.92 Å². The molecule has 1 fully saturated rings. The summed E-state index contributed by atoms with van der Waals surface area (Å²) < 4.78 is 13.2. The molecule has 1 aliphatic heterocycles. The van der Waals surface area contributed by atoms with Crippen molar-refractivity contribution < 1.29 is 14.3 Å². The highest BCUT2D eigenvalue weighted by Gasteiger charge is 2.27. The molecule has 1 amide bonds. The second-order valence-electron chi connectivity index (χ2n) is 9.16. The highest BCUT2D eigenvalue weighted by Crippen LogP contribution is 2.35. The second kappa shape index (κ2) is 8.81. The van der Waals surface area contributed by atoms with Gasteiger partial charge in [0, 0.05) is 24.3 Å². The van der Waals surface area contributed by atoms with Crippen LogP contribution in [-0.4, -0.2) is 38.7 Å². The van der Waals surface area contributed by atoms with Gasteiger partial charge in [-0.3, -0.25) is 4.79 Å². The highest BCUT2D eigenvalue weighted by molar-refractivity contribution is 5.95. The fourth-order valence-corrected chi connectivity index (χ4v) is 4.68. The summed E-state index contributed by atoms with van der Waals surface area (Å²) in [5, 5.41) is 0. The Morgan fingerprint density at radius 3 is 2.81 bits per heavy atom. The lowest BCUT2D eigenvalue weighted by atomic mass is 10.1. The number of benzene rings is 1. The van der Waals surface area contributed by atoms with Gasteiger partial charge in [-0.05, 0) is 55.5 Å². The fourth-order valence-electron chi connectivity index (χ4n) is 4.68. The third-order valence-electron chi connectivity index (χ3n) is 6.43. The predicted octanol–water partition coefficient (Wildman–Crippen LogP) is 4.96. The maximum atomic E-state index is 13.6. The molecule has 5 rings (SSSR count). The lowest BCUT2D eigenvalue weighted by molar-refractivity contribution is 0.0728. The zero-order valence-electron chi connectivity index (χ0n) is 18.8. The molecule has 0 atom stereocenters. The minimum atomic E-state index is -0.0121. The number of pyridine rings is 1. The minimum absolute atomic E-state index is 0.0121. The Hall–Kier alpha value is -3.09. The van der Waals surface area contributed by atoms with E-state index in [4.69, 9.17) is 14.5 Å². The molecule has 3 heterocycles. The number of fused-ring (bicyclic) bond motifs is 2. The monoisotopic (exact) mass is 434 g/mol. The van der Waals surface area contributed by atoms with Gasteiger partial charge in [0.2, 0.25) is 6.79 Å². The summed E-state index contributed by atoms with van der Waals surface area (Å²) in [7, 11) is 0. The Morgan fingerprint density at radius 1 is 1.19 bits per heavy atom. The maximum absolute atomic E-state index is 13.6. The van der Waals surface area contributed by atoms with Crippen molar-refractivity contribution in [2.24, 2.45) is 5.92 Å². The quantitative estimate of drug-likeness (QED) is 0.525. The van der Waals surface area contributed by atoms with Crippen LogP contribution in [0.3, 0.4) is 0 Å². The topological polar surface area (TPSA) is 69.5 Å². The minimum Gasteiger partial charge on any atom is -0.454 e. The molecule has 7 heteroatoms. The highest BCUT2D eigenvalue weighted by atomic mass is 16.7. The number of hydrogen-bond donors (Lipinski definition) is 0. The number of carbonyl (C=O) groups is 1. The van der Waals surface area contributed by atoms with E-state index >= 15 is 0 Å². The summed E-state index contributed by atoms with van der Waals surface area (Å²) in [4.78, 5) is 25.1. The van der Waals surface area contributed by atoms with Gasteiger partial charge in [-0.1, -0.05) is 26.7 Å². The van der Waals surface area contributed by atoms with E-state index in [9.17, 15) is 4.79 Å². The van der Waals surface area contributed by atoms with E-state index in [1.807, 2.05) is 35.4 Å². The molecule has 0 spiro atoms. The van der Waals surface area contributed by atoms with E-state index in [-0.39, 0.29) is 12.7 Å². The Morgan fingerprint density at radius 2 is 2.00 bits per heavy atom. The summed E-state index contributed by atoms with van der Waals surface area (Å²) in [6.07, 6.45) is 7.48. The molecule has 168 valence electrons. The summed E-state index contributed by atoms with van der Waals surface area (Å²) >= 11 is 0. The van der Waals surface area contributed by atoms with E-state index in [0.29, 0.717) is 42.1 Å². The zero-order valence-corrected chi connectivity index (χ0v) is 18.8. The lowest BCUT2D eigenvalue weighted by Crippen LogP contribution is -2.33. The number of carbonyl (C=O) groups excluding carboxylic acids is 1. The lowest BCUT2D eigenvalue weighted by Gasteiger charge is -2.25. The van der Waals surface area contributed by atoms with Crippen LogP contribution in [0.15, 0.2) is 36.5 Å². The van der Waals surface area contributed by atoms with Crippen LogP contribution in [0.2, 0.25) is 0 Å². The Kier molecular flexibility index (Phi) is 5.72. The van der Waals surface area contributed by atoms with Crippen molar-refractivity contribution in [1.29, 1.82) is 0 Å². The fraction of sp³-hybridized carbons (Fsp3) is 0.480. The SMILES string of the molecule is CC(C)CCN(Cc1nc2cccnc2n1C1CCCC1)C(=O)c1ccc2c(c1)OCO2.